The molecule has 10 fully saturated rings. The molecule has 73 heavy (non-hydrogen) atoms. The molecule has 0 aromatic carbocycles. The van der Waals surface area contributed by atoms with E-state index in [1.165, 1.54) is 0 Å². The summed E-state index contributed by atoms with van der Waals surface area (Å²) in [6, 6.07) is 0. The first-order chi connectivity index (χ1) is 34.7. The van der Waals surface area contributed by atoms with Crippen molar-refractivity contribution in [2.24, 2.45) is 52.3 Å². The lowest BCUT2D eigenvalue weighted by molar-refractivity contribution is -0.404. The molecule has 0 aromatic heterocycles. The molecule has 23 nitrogen and oxygen atoms in total. The summed E-state index contributed by atoms with van der Waals surface area (Å²) in [5.74, 6) is 1.40. The molecule has 418 valence electrons. The highest BCUT2D eigenvalue weighted by molar-refractivity contribution is 5.87. The molecule has 4 aliphatic carbocycles. The van der Waals surface area contributed by atoms with E-state index >= 15 is 0 Å². The van der Waals surface area contributed by atoms with Crippen LogP contribution in [-0.4, -0.2) is 235 Å². The maximum absolute atomic E-state index is 14.7. The van der Waals surface area contributed by atoms with E-state index in [-0.39, 0.29) is 41.1 Å². The number of rotatable bonds is 11. The van der Waals surface area contributed by atoms with Crippen molar-refractivity contribution in [1.82, 2.24) is 0 Å². The molecule has 0 aromatic rings. The summed E-state index contributed by atoms with van der Waals surface area (Å²) < 4.78 is 61.1. The normalized spacial score (nSPS) is 57.2. The minimum absolute atomic E-state index is 0.0117. The molecule has 0 bridgehead atoms. The fourth-order valence-electron chi connectivity index (χ4n) is 15.6. The van der Waals surface area contributed by atoms with E-state index in [0.717, 1.165) is 38.5 Å². The Morgan fingerprint density at radius 1 is 0.589 bits per heavy atom. The lowest BCUT2D eigenvalue weighted by Gasteiger charge is -2.60. The number of hydrogen-bond acceptors (Lipinski definition) is 23. The molecule has 12 N–H and O–H groups in total. The monoisotopic (exact) mass is 1050 g/mol. The van der Waals surface area contributed by atoms with Crippen LogP contribution < -0.4 is 0 Å². The smallest absolute Gasteiger partial charge is 0.187 e. The minimum Gasteiger partial charge on any atom is -0.394 e. The molecule has 31 atom stereocenters. The van der Waals surface area contributed by atoms with Crippen molar-refractivity contribution in [1.29, 1.82) is 0 Å². The molecule has 23 heteroatoms. The Balaban J connectivity index is 0.820. The van der Waals surface area contributed by atoms with Gasteiger partial charge in [0.15, 0.2) is 30.9 Å². The summed E-state index contributed by atoms with van der Waals surface area (Å²) in [5, 5.41) is 129. The molecular weight excluding hydrogens is 969 g/mol. The first kappa shape index (κ1) is 55.1. The van der Waals surface area contributed by atoms with Gasteiger partial charge in [-0.3, -0.25) is 4.79 Å². The molecule has 4 saturated carbocycles. The summed E-state index contributed by atoms with van der Waals surface area (Å²) in [5.41, 5.74) is -0.628. The number of aliphatic hydroxyl groups excluding tert-OH is 12. The minimum atomic E-state index is -2.01. The van der Waals surface area contributed by atoms with Gasteiger partial charge in [0.25, 0.3) is 0 Å². The van der Waals surface area contributed by atoms with Gasteiger partial charge in [-0.25, -0.2) is 0 Å². The van der Waals surface area contributed by atoms with Gasteiger partial charge in [0, 0.05) is 30.1 Å². The van der Waals surface area contributed by atoms with Gasteiger partial charge in [-0.1, -0.05) is 27.7 Å². The van der Waals surface area contributed by atoms with Gasteiger partial charge < -0.3 is 109 Å². The van der Waals surface area contributed by atoms with E-state index in [9.17, 15) is 66.1 Å². The molecule has 10 rings (SSSR count). The first-order valence-electron chi connectivity index (χ1n) is 26.7. The van der Waals surface area contributed by atoms with Crippen LogP contribution in [0.4, 0.5) is 0 Å². The standard InChI is InChI=1S/C50H80O23/c1-19-7-10-50(65-17-19)20(2)32-27(73-50)12-25-23-6-5-21-11-22(8-9-48(21,3)24(23)13-31(55)49(25,32)4)66-45-40(63)37(60)41(30(16-53)69-45)70-47-43(72-46-39(62)36(59)34(57)28(14-51)67-46)42(35(58)29(15-52)68-47)71-44-38(61)33(56)26(54)18-64-44/h19-30,32-47,51-54,56-63H,5-18H2,1-4H3/t19-,20-,21-,22?,23+,24-,25-,26+,27-,28+,29+,30+,32-,33-,34+,35+,36-,37+,38+,39+,40+,41-,42-,43+,44?,45+,46-,47-,48-,49+,50+/m0/s1. The number of ether oxygens (including phenoxy) is 10. The zero-order chi connectivity index (χ0) is 52.2. The van der Waals surface area contributed by atoms with E-state index in [0.29, 0.717) is 43.5 Å². The molecule has 0 radical (unpaired) electrons. The molecule has 6 saturated heterocycles. The van der Waals surface area contributed by atoms with Gasteiger partial charge in [-0.2, -0.15) is 0 Å². The van der Waals surface area contributed by atoms with Crippen molar-refractivity contribution in [3.8, 4) is 0 Å². The average Bonchev–Trinajstić information content (AvgIpc) is 3.83. The van der Waals surface area contributed by atoms with Crippen LogP contribution in [0.5, 0.6) is 0 Å². The predicted molar refractivity (Wildman–Crippen MR) is 243 cm³/mol. The Kier molecular flexibility index (Phi) is 15.9. The van der Waals surface area contributed by atoms with E-state index in [1.54, 1.807) is 0 Å². The Hall–Kier alpha value is -1.21. The Morgan fingerprint density at radius 3 is 1.92 bits per heavy atom. The average molecular weight is 1050 g/mol. The fraction of sp³-hybridized carbons (Fsp3) is 0.980. The Morgan fingerprint density at radius 2 is 1.22 bits per heavy atom. The van der Waals surface area contributed by atoms with Crippen LogP contribution in [-0.2, 0) is 52.2 Å². The third-order valence-corrected chi connectivity index (χ3v) is 19.9. The maximum Gasteiger partial charge on any atom is 0.187 e. The third-order valence-electron chi connectivity index (χ3n) is 19.9. The van der Waals surface area contributed by atoms with Gasteiger partial charge in [0.2, 0.25) is 0 Å². The fourth-order valence-corrected chi connectivity index (χ4v) is 15.6. The van der Waals surface area contributed by atoms with Gasteiger partial charge in [0.1, 0.15) is 97.3 Å². The van der Waals surface area contributed by atoms with Gasteiger partial charge >= 0.3 is 0 Å². The predicted octanol–water partition coefficient (Wildman–Crippen LogP) is -3.09. The van der Waals surface area contributed by atoms with Crippen molar-refractivity contribution in [3.05, 3.63) is 0 Å². The van der Waals surface area contributed by atoms with Crippen LogP contribution in [0.2, 0.25) is 0 Å². The molecular formula is C50H80O23. The van der Waals surface area contributed by atoms with Crippen molar-refractivity contribution < 1.29 is 113 Å². The van der Waals surface area contributed by atoms with Crippen LogP contribution in [0.1, 0.15) is 85.5 Å². The number of Topliss-reactive ketones (excluding diaryl/α,β-unsaturated/α-hetero) is 1. The van der Waals surface area contributed by atoms with E-state index in [1.807, 2.05) is 0 Å². The van der Waals surface area contributed by atoms with Gasteiger partial charge in [-0.05, 0) is 80.0 Å². The van der Waals surface area contributed by atoms with Crippen molar-refractivity contribution in [2.45, 2.75) is 220 Å². The van der Waals surface area contributed by atoms with Crippen molar-refractivity contribution >= 4 is 5.78 Å². The van der Waals surface area contributed by atoms with Gasteiger partial charge in [-0.15, -0.1) is 0 Å². The van der Waals surface area contributed by atoms with Gasteiger partial charge in [0.05, 0.1) is 45.2 Å². The highest BCUT2D eigenvalue weighted by atomic mass is 16.8. The number of fused-ring (bicyclic) bond motifs is 7. The SMILES string of the molecule is C[C@H]1CC[C@@]2(OC1)O[C@H]1C[C@H]3[C@@H]4CC[C@H]5CC(O[C@@H]6O[C@H](CO)[C@H](O[C@@H]7O[C@H](CO)[C@@H](O)[C@H](OC8OC[C@@H](O)[C@H](O)[C@H]8O)[C@H]7O[C@@H]7O[C@H](CO)[C@@H](O)[C@H](O)[C@H]7O)[C@H](O)[C@H]6O)CC[C@]5(C)[C@H]4CC(=O)[C@]3(C)[C@H]1[C@@H]2C. The van der Waals surface area contributed by atoms with Crippen LogP contribution in [0.15, 0.2) is 0 Å². The van der Waals surface area contributed by atoms with E-state index in [4.69, 9.17) is 47.4 Å². The number of ketones is 1. The second kappa shape index (κ2) is 21.1. The maximum atomic E-state index is 14.7. The largest absolute Gasteiger partial charge is 0.394 e. The summed E-state index contributed by atoms with van der Waals surface area (Å²) in [6.45, 7) is 6.58. The summed E-state index contributed by atoms with van der Waals surface area (Å²) in [7, 11) is 0. The highest BCUT2D eigenvalue weighted by Crippen LogP contribution is 2.70. The summed E-state index contributed by atoms with van der Waals surface area (Å²) in [4.78, 5) is 14.7. The molecule has 0 amide bonds. The Labute approximate surface area is 423 Å². The molecule has 6 aliphatic heterocycles. The summed E-state index contributed by atoms with van der Waals surface area (Å²) in [6.07, 6.45) is -26.6. The molecule has 10 aliphatic rings. The van der Waals surface area contributed by atoms with Crippen molar-refractivity contribution in [2.75, 3.05) is 33.0 Å². The number of hydrogen-bond donors (Lipinski definition) is 12. The number of carbonyl (C=O) groups is 1. The number of aliphatic hydroxyl groups is 12. The quantitative estimate of drug-likeness (QED) is 0.0913. The van der Waals surface area contributed by atoms with Crippen LogP contribution in [0.3, 0.4) is 0 Å². The van der Waals surface area contributed by atoms with E-state index in [2.05, 4.69) is 27.7 Å². The first-order valence-corrected chi connectivity index (χ1v) is 26.7. The zero-order valence-corrected chi connectivity index (χ0v) is 41.9. The highest BCUT2D eigenvalue weighted by Gasteiger charge is 2.72. The van der Waals surface area contributed by atoms with Crippen LogP contribution in [0.25, 0.3) is 0 Å². The second-order valence-corrected chi connectivity index (χ2v) is 23.7. The lowest BCUT2D eigenvalue weighted by atomic mass is 9.44. The second-order valence-electron chi connectivity index (χ2n) is 23.7. The molecule has 1 spiro atoms. The summed E-state index contributed by atoms with van der Waals surface area (Å²) >= 11 is 0. The number of carbonyl (C=O) groups excluding carboxylic acids is 1. The third kappa shape index (κ3) is 9.30. The zero-order valence-electron chi connectivity index (χ0n) is 41.9. The topological polar surface area (TPSA) is 352 Å². The lowest BCUT2D eigenvalue weighted by Crippen LogP contribution is -2.68. The van der Waals surface area contributed by atoms with E-state index < -0.39 is 160 Å². The molecule has 2 unspecified atom stereocenters. The van der Waals surface area contributed by atoms with Crippen LogP contribution >= 0.6 is 0 Å². The molecule has 6 heterocycles. The van der Waals surface area contributed by atoms with Crippen LogP contribution in [0, 0.1) is 52.3 Å². The van der Waals surface area contributed by atoms with Crippen molar-refractivity contribution in [3.63, 3.8) is 0 Å². The Bertz CT molecular complexity index is 1910.